The van der Waals surface area contributed by atoms with E-state index in [1.165, 1.54) is 13.3 Å². The molecule has 8 nitrogen and oxygen atoms in total. The number of carbonyl (C=O) groups excluding carboxylic acids is 1. The van der Waals surface area contributed by atoms with Crippen molar-refractivity contribution < 1.29 is 9.21 Å². The van der Waals surface area contributed by atoms with E-state index in [-0.39, 0.29) is 17.4 Å². The molecule has 2 heterocycles. The fraction of sp³-hybridized carbons (Fsp3) is 0.0769. The van der Waals surface area contributed by atoms with Crippen molar-refractivity contribution >= 4 is 11.6 Å². The van der Waals surface area contributed by atoms with Crippen molar-refractivity contribution in [2.24, 2.45) is 7.05 Å². The van der Waals surface area contributed by atoms with Gasteiger partial charge < -0.3 is 9.73 Å². The molecule has 0 spiro atoms. The lowest BCUT2D eigenvalue weighted by atomic mass is 10.2. The normalized spacial score (nSPS) is 10.5. The molecule has 0 unspecified atom stereocenters. The standard InChI is InChI=1S/C13H11N5O3/c1-17-13(20)18(16-15-17)10-6-4-9(5-7-10)14-12(19)11-3-2-8-21-11/h2-8H,1H3,(H,14,19). The molecule has 1 aromatic carbocycles. The van der Waals surface area contributed by atoms with Gasteiger partial charge in [0.25, 0.3) is 5.91 Å². The number of carbonyl (C=O) groups is 1. The van der Waals surface area contributed by atoms with Gasteiger partial charge in [-0.2, -0.15) is 9.36 Å². The summed E-state index contributed by atoms with van der Waals surface area (Å²) in [5, 5.41) is 10.0. The summed E-state index contributed by atoms with van der Waals surface area (Å²) in [5.41, 5.74) is 0.795. The molecule has 3 aromatic rings. The molecule has 0 fully saturated rings. The van der Waals surface area contributed by atoms with E-state index in [0.717, 1.165) is 9.36 Å². The number of amides is 1. The summed E-state index contributed by atoms with van der Waals surface area (Å²) < 4.78 is 7.30. The van der Waals surface area contributed by atoms with Crippen molar-refractivity contribution in [2.45, 2.75) is 0 Å². The van der Waals surface area contributed by atoms with Gasteiger partial charge in [0, 0.05) is 12.7 Å². The Bertz CT molecular complexity index is 814. The van der Waals surface area contributed by atoms with Crippen LogP contribution in [0.15, 0.2) is 51.9 Å². The first kappa shape index (κ1) is 12.9. The lowest BCUT2D eigenvalue weighted by molar-refractivity contribution is 0.0996. The van der Waals surface area contributed by atoms with Crippen LogP contribution in [0.5, 0.6) is 0 Å². The average molecular weight is 285 g/mol. The number of hydrogen-bond acceptors (Lipinski definition) is 5. The number of nitrogens with one attached hydrogen (secondary N) is 1. The van der Waals surface area contributed by atoms with Crippen LogP contribution in [0.2, 0.25) is 0 Å². The van der Waals surface area contributed by atoms with Gasteiger partial charge in [0.1, 0.15) is 0 Å². The first-order valence-electron chi connectivity index (χ1n) is 6.09. The smallest absolute Gasteiger partial charge is 0.368 e. The van der Waals surface area contributed by atoms with Crippen LogP contribution >= 0.6 is 0 Å². The van der Waals surface area contributed by atoms with Gasteiger partial charge in [-0.15, -0.1) is 0 Å². The molecule has 0 atom stereocenters. The molecule has 0 saturated heterocycles. The highest BCUT2D eigenvalue weighted by molar-refractivity contribution is 6.02. The van der Waals surface area contributed by atoms with Gasteiger partial charge in [0.05, 0.1) is 12.0 Å². The minimum Gasteiger partial charge on any atom is -0.459 e. The maximum Gasteiger partial charge on any atom is 0.368 e. The topological polar surface area (TPSA) is 95.0 Å². The summed E-state index contributed by atoms with van der Waals surface area (Å²) >= 11 is 0. The molecular weight excluding hydrogens is 274 g/mol. The summed E-state index contributed by atoms with van der Waals surface area (Å²) in [6, 6.07) is 9.86. The van der Waals surface area contributed by atoms with Crippen LogP contribution in [-0.2, 0) is 7.05 Å². The number of aryl methyl sites for hydroxylation is 1. The largest absolute Gasteiger partial charge is 0.459 e. The number of tetrazole rings is 1. The number of furan rings is 1. The quantitative estimate of drug-likeness (QED) is 0.768. The van der Waals surface area contributed by atoms with Crippen molar-refractivity contribution in [1.29, 1.82) is 0 Å². The molecule has 1 N–H and O–H groups in total. The van der Waals surface area contributed by atoms with Crippen molar-refractivity contribution in [3.05, 3.63) is 58.9 Å². The number of benzene rings is 1. The lowest BCUT2D eigenvalue weighted by Gasteiger charge is -2.04. The van der Waals surface area contributed by atoms with E-state index in [4.69, 9.17) is 4.42 Å². The Morgan fingerprint density at radius 2 is 1.95 bits per heavy atom. The molecular formula is C13H11N5O3. The zero-order chi connectivity index (χ0) is 14.8. The van der Waals surface area contributed by atoms with Crippen molar-refractivity contribution in [3.8, 4) is 5.69 Å². The summed E-state index contributed by atoms with van der Waals surface area (Å²) in [6.07, 6.45) is 1.43. The average Bonchev–Trinajstić information content (AvgIpc) is 3.12. The molecule has 106 valence electrons. The second-order valence-electron chi connectivity index (χ2n) is 4.28. The molecule has 8 heteroatoms. The maximum absolute atomic E-state index is 11.8. The molecule has 0 saturated carbocycles. The number of rotatable bonds is 3. The third-order valence-electron chi connectivity index (χ3n) is 2.84. The summed E-state index contributed by atoms with van der Waals surface area (Å²) in [6.45, 7) is 0. The Labute approximate surface area is 118 Å². The highest BCUT2D eigenvalue weighted by Gasteiger charge is 2.09. The van der Waals surface area contributed by atoms with Crippen LogP contribution in [-0.4, -0.2) is 25.7 Å². The summed E-state index contributed by atoms with van der Waals surface area (Å²) in [5.74, 6) is -0.117. The van der Waals surface area contributed by atoms with E-state index in [1.54, 1.807) is 36.4 Å². The Balaban J connectivity index is 1.80. The van der Waals surface area contributed by atoms with Crippen LogP contribution in [0, 0.1) is 0 Å². The fourth-order valence-electron chi connectivity index (χ4n) is 1.76. The number of nitrogens with zero attached hydrogens (tertiary/aromatic N) is 4. The predicted molar refractivity (Wildman–Crippen MR) is 73.3 cm³/mol. The van der Waals surface area contributed by atoms with Crippen LogP contribution in [0.1, 0.15) is 10.6 Å². The Morgan fingerprint density at radius 1 is 1.19 bits per heavy atom. The Morgan fingerprint density at radius 3 is 2.52 bits per heavy atom. The molecule has 0 aliphatic carbocycles. The molecule has 21 heavy (non-hydrogen) atoms. The molecule has 3 rings (SSSR count). The molecule has 2 aromatic heterocycles. The summed E-state index contributed by atoms with van der Waals surface area (Å²) in [4.78, 5) is 23.5. The van der Waals surface area contributed by atoms with E-state index in [1.807, 2.05) is 0 Å². The number of aromatic nitrogens is 4. The lowest BCUT2D eigenvalue weighted by Crippen LogP contribution is -2.21. The van der Waals surface area contributed by atoms with Gasteiger partial charge in [-0.1, -0.05) is 0 Å². The number of hydrogen-bond donors (Lipinski definition) is 1. The van der Waals surface area contributed by atoms with E-state index in [9.17, 15) is 9.59 Å². The Hall–Kier alpha value is -3.16. The predicted octanol–water partition coefficient (Wildman–Crippen LogP) is 0.811. The molecule has 0 bridgehead atoms. The van der Waals surface area contributed by atoms with E-state index >= 15 is 0 Å². The van der Waals surface area contributed by atoms with Crippen LogP contribution in [0.4, 0.5) is 5.69 Å². The number of anilines is 1. The van der Waals surface area contributed by atoms with Crippen molar-refractivity contribution in [1.82, 2.24) is 19.8 Å². The minimum atomic E-state index is -0.345. The van der Waals surface area contributed by atoms with E-state index < -0.39 is 0 Å². The first-order chi connectivity index (χ1) is 10.1. The molecule has 1 amide bonds. The maximum atomic E-state index is 11.8. The van der Waals surface area contributed by atoms with E-state index in [0.29, 0.717) is 11.4 Å². The van der Waals surface area contributed by atoms with Gasteiger partial charge >= 0.3 is 5.69 Å². The summed E-state index contributed by atoms with van der Waals surface area (Å²) in [7, 11) is 1.52. The van der Waals surface area contributed by atoms with E-state index in [2.05, 4.69) is 15.7 Å². The zero-order valence-corrected chi connectivity index (χ0v) is 11.1. The second kappa shape index (κ2) is 5.08. The van der Waals surface area contributed by atoms with Crippen LogP contribution in [0.3, 0.4) is 0 Å². The first-order valence-corrected chi connectivity index (χ1v) is 6.09. The monoisotopic (exact) mass is 285 g/mol. The third-order valence-corrected chi connectivity index (χ3v) is 2.84. The van der Waals surface area contributed by atoms with Gasteiger partial charge in [0.15, 0.2) is 5.76 Å². The molecule has 0 radical (unpaired) electrons. The molecule has 0 aliphatic rings. The molecule has 0 aliphatic heterocycles. The third kappa shape index (κ3) is 2.46. The minimum absolute atomic E-state index is 0.226. The zero-order valence-electron chi connectivity index (χ0n) is 11.1. The van der Waals surface area contributed by atoms with Gasteiger partial charge in [-0.3, -0.25) is 4.79 Å². The van der Waals surface area contributed by atoms with Gasteiger partial charge in [-0.25, -0.2) is 4.79 Å². The second-order valence-corrected chi connectivity index (χ2v) is 4.28. The Kier molecular flexibility index (Phi) is 3.11. The van der Waals surface area contributed by atoms with Gasteiger partial charge in [0.2, 0.25) is 0 Å². The SMILES string of the molecule is Cn1nnn(-c2ccc(NC(=O)c3ccco3)cc2)c1=O. The van der Waals surface area contributed by atoms with Crippen LogP contribution in [0.25, 0.3) is 5.69 Å². The highest BCUT2D eigenvalue weighted by Crippen LogP contribution is 2.13. The van der Waals surface area contributed by atoms with Gasteiger partial charge in [-0.05, 0) is 46.8 Å². The van der Waals surface area contributed by atoms with Crippen molar-refractivity contribution in [2.75, 3.05) is 5.32 Å². The highest BCUT2D eigenvalue weighted by atomic mass is 16.3. The van der Waals surface area contributed by atoms with Crippen molar-refractivity contribution in [3.63, 3.8) is 0 Å². The van der Waals surface area contributed by atoms with Crippen LogP contribution < -0.4 is 11.0 Å². The fourth-order valence-corrected chi connectivity index (χ4v) is 1.76.